The summed E-state index contributed by atoms with van der Waals surface area (Å²) in [7, 11) is 0. The Labute approximate surface area is 123 Å². The molecule has 4 nitrogen and oxygen atoms in total. The molecule has 5 heteroatoms. The van der Waals surface area contributed by atoms with Gasteiger partial charge in [-0.3, -0.25) is 14.5 Å². The van der Waals surface area contributed by atoms with Crippen LogP contribution in [0.4, 0.5) is 0 Å². The molecule has 0 N–H and O–H groups in total. The third kappa shape index (κ3) is 2.88. The number of aryl methyl sites for hydroxylation is 2. The molecular formula is C14H23BrN4. The number of piperazine rings is 1. The summed E-state index contributed by atoms with van der Waals surface area (Å²) < 4.78 is 3.33. The topological polar surface area (TPSA) is 24.3 Å². The molecule has 3 rings (SSSR count). The van der Waals surface area contributed by atoms with Gasteiger partial charge in [-0.2, -0.15) is 5.10 Å². The van der Waals surface area contributed by atoms with E-state index in [1.54, 1.807) is 0 Å². The average molecular weight is 327 g/mol. The maximum atomic E-state index is 4.58. The quantitative estimate of drug-likeness (QED) is 0.848. The minimum atomic E-state index is 0.914. The number of rotatable bonds is 4. The van der Waals surface area contributed by atoms with Gasteiger partial charge in [0.1, 0.15) is 0 Å². The van der Waals surface area contributed by atoms with Gasteiger partial charge in [-0.05, 0) is 42.6 Å². The van der Waals surface area contributed by atoms with Gasteiger partial charge in [-0.15, -0.1) is 0 Å². The summed E-state index contributed by atoms with van der Waals surface area (Å²) >= 11 is 3.69. The van der Waals surface area contributed by atoms with Crippen molar-refractivity contribution < 1.29 is 0 Å². The van der Waals surface area contributed by atoms with E-state index in [1.165, 1.54) is 49.2 Å². The summed E-state index contributed by atoms with van der Waals surface area (Å²) in [4.78, 5) is 5.22. The van der Waals surface area contributed by atoms with E-state index in [-0.39, 0.29) is 0 Å². The van der Waals surface area contributed by atoms with Crippen molar-refractivity contribution in [1.82, 2.24) is 19.6 Å². The maximum Gasteiger partial charge on any atom is 0.0739 e. The fourth-order valence-corrected chi connectivity index (χ4v) is 3.37. The second kappa shape index (κ2) is 5.54. The van der Waals surface area contributed by atoms with Crippen LogP contribution in [-0.2, 0) is 13.1 Å². The van der Waals surface area contributed by atoms with Gasteiger partial charge >= 0.3 is 0 Å². The van der Waals surface area contributed by atoms with Crippen LogP contribution in [0.3, 0.4) is 0 Å². The first-order valence-corrected chi connectivity index (χ1v) is 8.16. The third-order valence-corrected chi connectivity index (χ3v) is 5.33. The average Bonchev–Trinajstić information content (AvgIpc) is 3.23. The van der Waals surface area contributed by atoms with Crippen LogP contribution in [0.5, 0.6) is 0 Å². The molecule has 0 spiro atoms. The molecule has 1 saturated heterocycles. The smallest absolute Gasteiger partial charge is 0.0739 e. The largest absolute Gasteiger partial charge is 0.298 e. The van der Waals surface area contributed by atoms with Crippen LogP contribution in [-0.4, -0.2) is 51.8 Å². The summed E-state index contributed by atoms with van der Waals surface area (Å²) in [6, 6.07) is 0.914. The zero-order valence-electron chi connectivity index (χ0n) is 11.9. The number of hydrogen-bond acceptors (Lipinski definition) is 3. The standard InChI is InChI=1S/C14H23BrN4/c1-3-19-13(14(15)11(2)16-19)10-17-6-8-18(9-7-17)12-4-5-12/h12H,3-10H2,1-2H3. The monoisotopic (exact) mass is 326 g/mol. The Morgan fingerprint density at radius 1 is 1.21 bits per heavy atom. The van der Waals surface area contributed by atoms with E-state index in [4.69, 9.17) is 0 Å². The highest BCUT2D eigenvalue weighted by Gasteiger charge is 2.31. The number of hydrogen-bond donors (Lipinski definition) is 0. The van der Waals surface area contributed by atoms with Crippen LogP contribution in [0.15, 0.2) is 4.47 Å². The van der Waals surface area contributed by atoms with E-state index in [1.807, 2.05) is 0 Å². The minimum Gasteiger partial charge on any atom is -0.298 e. The van der Waals surface area contributed by atoms with Gasteiger partial charge in [-0.25, -0.2) is 0 Å². The fourth-order valence-electron chi connectivity index (χ4n) is 2.96. The van der Waals surface area contributed by atoms with Crippen molar-refractivity contribution in [3.8, 4) is 0 Å². The summed E-state index contributed by atoms with van der Waals surface area (Å²) in [5.74, 6) is 0. The minimum absolute atomic E-state index is 0.914. The summed E-state index contributed by atoms with van der Waals surface area (Å²) in [5, 5.41) is 4.58. The molecule has 0 radical (unpaired) electrons. The molecule has 1 aromatic rings. The van der Waals surface area contributed by atoms with Gasteiger partial charge in [-0.1, -0.05) is 0 Å². The molecule has 1 saturated carbocycles. The molecule has 106 valence electrons. The Morgan fingerprint density at radius 3 is 2.47 bits per heavy atom. The van der Waals surface area contributed by atoms with Crippen molar-refractivity contribution in [2.75, 3.05) is 26.2 Å². The second-order valence-electron chi connectivity index (χ2n) is 5.71. The fraction of sp³-hybridized carbons (Fsp3) is 0.786. The predicted molar refractivity (Wildman–Crippen MR) is 80.2 cm³/mol. The van der Waals surface area contributed by atoms with Crippen molar-refractivity contribution >= 4 is 15.9 Å². The van der Waals surface area contributed by atoms with Gasteiger partial charge < -0.3 is 0 Å². The van der Waals surface area contributed by atoms with Crippen molar-refractivity contribution in [3.63, 3.8) is 0 Å². The van der Waals surface area contributed by atoms with E-state index in [2.05, 4.69) is 49.4 Å². The molecule has 2 heterocycles. The molecule has 0 bridgehead atoms. The highest BCUT2D eigenvalue weighted by Crippen LogP contribution is 2.28. The highest BCUT2D eigenvalue weighted by molar-refractivity contribution is 9.10. The van der Waals surface area contributed by atoms with Crippen molar-refractivity contribution in [1.29, 1.82) is 0 Å². The van der Waals surface area contributed by atoms with E-state index in [9.17, 15) is 0 Å². The number of aromatic nitrogens is 2. The molecule has 2 aliphatic rings. The Bertz CT molecular complexity index is 445. The first-order valence-electron chi connectivity index (χ1n) is 7.37. The Hall–Kier alpha value is -0.390. The summed E-state index contributed by atoms with van der Waals surface area (Å²) in [6.07, 6.45) is 2.85. The van der Waals surface area contributed by atoms with Crippen molar-refractivity contribution in [2.45, 2.75) is 45.8 Å². The zero-order chi connectivity index (χ0) is 13.4. The van der Waals surface area contributed by atoms with Gasteiger partial charge in [0.05, 0.1) is 15.9 Å². The lowest BCUT2D eigenvalue weighted by molar-refractivity contribution is 0.119. The molecule has 0 aromatic carbocycles. The van der Waals surface area contributed by atoms with E-state index < -0.39 is 0 Å². The SMILES string of the molecule is CCn1nc(C)c(Br)c1CN1CCN(C2CC2)CC1. The molecule has 2 fully saturated rings. The Morgan fingerprint density at radius 2 is 1.89 bits per heavy atom. The predicted octanol–water partition coefficient (Wildman–Crippen LogP) is 2.25. The van der Waals surface area contributed by atoms with E-state index in [0.29, 0.717) is 0 Å². The normalized spacial score (nSPS) is 22.1. The molecule has 1 aromatic heterocycles. The van der Waals surface area contributed by atoms with E-state index in [0.717, 1.165) is 24.8 Å². The Balaban J connectivity index is 1.62. The van der Waals surface area contributed by atoms with Gasteiger partial charge in [0.2, 0.25) is 0 Å². The molecule has 0 amide bonds. The number of nitrogens with zero attached hydrogens (tertiary/aromatic N) is 4. The first kappa shape index (κ1) is 13.6. The van der Waals surface area contributed by atoms with Crippen LogP contribution in [0.25, 0.3) is 0 Å². The van der Waals surface area contributed by atoms with Crippen LogP contribution >= 0.6 is 15.9 Å². The molecule has 0 unspecified atom stereocenters. The summed E-state index contributed by atoms with van der Waals surface area (Å²) in [5.41, 5.74) is 2.44. The molecule has 1 aliphatic carbocycles. The summed E-state index contributed by atoms with van der Waals surface area (Å²) in [6.45, 7) is 11.1. The van der Waals surface area contributed by atoms with Crippen LogP contribution in [0.1, 0.15) is 31.2 Å². The lowest BCUT2D eigenvalue weighted by atomic mass is 10.2. The molecule has 1 aliphatic heterocycles. The van der Waals surface area contributed by atoms with Gasteiger partial charge in [0.15, 0.2) is 0 Å². The van der Waals surface area contributed by atoms with Gasteiger partial charge in [0, 0.05) is 45.3 Å². The lowest BCUT2D eigenvalue weighted by Gasteiger charge is -2.34. The third-order valence-electron chi connectivity index (χ3n) is 4.30. The number of halogens is 1. The van der Waals surface area contributed by atoms with Crippen LogP contribution < -0.4 is 0 Å². The lowest BCUT2D eigenvalue weighted by Crippen LogP contribution is -2.46. The van der Waals surface area contributed by atoms with E-state index >= 15 is 0 Å². The van der Waals surface area contributed by atoms with Crippen molar-refractivity contribution in [3.05, 3.63) is 15.9 Å². The Kier molecular flexibility index (Phi) is 3.96. The maximum absolute atomic E-state index is 4.58. The van der Waals surface area contributed by atoms with Gasteiger partial charge in [0.25, 0.3) is 0 Å². The first-order chi connectivity index (χ1) is 9.19. The molecule has 0 atom stereocenters. The van der Waals surface area contributed by atoms with Crippen LogP contribution in [0, 0.1) is 6.92 Å². The second-order valence-corrected chi connectivity index (χ2v) is 6.50. The molecule has 19 heavy (non-hydrogen) atoms. The zero-order valence-corrected chi connectivity index (χ0v) is 13.5. The molecular weight excluding hydrogens is 304 g/mol. The van der Waals surface area contributed by atoms with Crippen LogP contribution in [0.2, 0.25) is 0 Å². The van der Waals surface area contributed by atoms with Crippen molar-refractivity contribution in [2.24, 2.45) is 0 Å². The highest BCUT2D eigenvalue weighted by atomic mass is 79.9.